The van der Waals surface area contributed by atoms with Gasteiger partial charge in [-0.3, -0.25) is 9.59 Å². The van der Waals surface area contributed by atoms with E-state index >= 15 is 0 Å². The predicted molar refractivity (Wildman–Crippen MR) is 93.4 cm³/mol. The first-order valence-corrected chi connectivity index (χ1v) is 8.59. The number of amides is 1. The van der Waals surface area contributed by atoms with Crippen LogP contribution < -0.4 is 10.6 Å². The zero-order valence-electron chi connectivity index (χ0n) is 15.0. The fraction of sp³-hybridized carbons (Fsp3) is 0.579. The fourth-order valence-electron chi connectivity index (χ4n) is 3.79. The number of esters is 1. The Morgan fingerprint density at radius 1 is 1.29 bits per heavy atom. The van der Waals surface area contributed by atoms with Crippen LogP contribution in [0.15, 0.2) is 30.3 Å². The van der Waals surface area contributed by atoms with E-state index < -0.39 is 0 Å². The van der Waals surface area contributed by atoms with E-state index in [1.54, 1.807) is 0 Å². The SMILES string of the molecule is CCC(NC(C)=O)C1(N[C@H](C)c2ccccc2)CC(C(=O)OC)C1. The monoisotopic (exact) mass is 332 g/mol. The molecule has 5 nitrogen and oxygen atoms in total. The Bertz CT molecular complexity index is 567. The quantitative estimate of drug-likeness (QED) is 0.753. The van der Waals surface area contributed by atoms with Crippen LogP contribution >= 0.6 is 0 Å². The molecule has 1 aromatic rings. The Morgan fingerprint density at radius 2 is 1.92 bits per heavy atom. The molecule has 0 spiro atoms. The summed E-state index contributed by atoms with van der Waals surface area (Å²) in [6.07, 6.45) is 2.16. The second-order valence-electron chi connectivity index (χ2n) is 6.72. The summed E-state index contributed by atoms with van der Waals surface area (Å²) in [5.74, 6) is -0.317. The molecular weight excluding hydrogens is 304 g/mol. The third kappa shape index (κ3) is 3.96. The van der Waals surface area contributed by atoms with Gasteiger partial charge in [-0.2, -0.15) is 0 Å². The topological polar surface area (TPSA) is 67.4 Å². The first-order valence-electron chi connectivity index (χ1n) is 8.59. The molecule has 1 saturated carbocycles. The second-order valence-corrected chi connectivity index (χ2v) is 6.72. The molecule has 0 heterocycles. The highest BCUT2D eigenvalue weighted by molar-refractivity contribution is 5.75. The van der Waals surface area contributed by atoms with Gasteiger partial charge in [-0.15, -0.1) is 0 Å². The summed E-state index contributed by atoms with van der Waals surface area (Å²) in [6, 6.07) is 10.3. The standard InChI is InChI=1S/C19H28N2O3/c1-5-17(20-14(3)22)19(11-16(12-19)18(23)24-4)21-13(2)15-9-7-6-8-10-15/h6-10,13,16-17,21H,5,11-12H2,1-4H3,(H,20,22)/t13-,16?,17?,19?/m1/s1. The Kier molecular flexibility index (Phi) is 5.99. The lowest BCUT2D eigenvalue weighted by Crippen LogP contribution is -2.68. The fourth-order valence-corrected chi connectivity index (χ4v) is 3.79. The minimum absolute atomic E-state index is 0.0120. The molecule has 2 atom stereocenters. The van der Waals surface area contributed by atoms with Gasteiger partial charge in [-0.25, -0.2) is 0 Å². The number of nitrogens with one attached hydrogen (secondary N) is 2. The van der Waals surface area contributed by atoms with E-state index in [-0.39, 0.29) is 35.4 Å². The van der Waals surface area contributed by atoms with Gasteiger partial charge in [0.05, 0.1) is 13.0 Å². The van der Waals surface area contributed by atoms with Gasteiger partial charge in [0.2, 0.25) is 5.91 Å². The lowest BCUT2D eigenvalue weighted by molar-refractivity contribution is -0.152. The Morgan fingerprint density at radius 3 is 2.42 bits per heavy atom. The Labute approximate surface area is 144 Å². The van der Waals surface area contributed by atoms with Gasteiger partial charge in [-0.1, -0.05) is 37.3 Å². The van der Waals surface area contributed by atoms with Gasteiger partial charge in [0.25, 0.3) is 0 Å². The van der Waals surface area contributed by atoms with Gasteiger partial charge in [0.15, 0.2) is 0 Å². The molecule has 132 valence electrons. The van der Waals surface area contributed by atoms with Crippen LogP contribution in [0.4, 0.5) is 0 Å². The van der Waals surface area contributed by atoms with E-state index in [1.165, 1.54) is 19.6 Å². The summed E-state index contributed by atoms with van der Waals surface area (Å²) in [4.78, 5) is 23.4. The van der Waals surface area contributed by atoms with E-state index in [1.807, 2.05) is 18.2 Å². The maximum absolute atomic E-state index is 11.8. The summed E-state index contributed by atoms with van der Waals surface area (Å²) in [7, 11) is 1.42. The molecule has 0 radical (unpaired) electrons. The summed E-state index contributed by atoms with van der Waals surface area (Å²) in [5, 5.41) is 6.74. The van der Waals surface area contributed by atoms with E-state index in [2.05, 4.69) is 36.6 Å². The van der Waals surface area contributed by atoms with Gasteiger partial charge < -0.3 is 15.4 Å². The van der Waals surface area contributed by atoms with Gasteiger partial charge >= 0.3 is 5.97 Å². The molecule has 0 saturated heterocycles. The van der Waals surface area contributed by atoms with Gasteiger partial charge in [-0.05, 0) is 31.7 Å². The van der Waals surface area contributed by atoms with E-state index in [0.717, 1.165) is 6.42 Å². The molecule has 1 aliphatic carbocycles. The van der Waals surface area contributed by atoms with E-state index in [9.17, 15) is 9.59 Å². The van der Waals surface area contributed by atoms with Gasteiger partial charge in [0, 0.05) is 24.5 Å². The largest absolute Gasteiger partial charge is 0.469 e. The molecule has 0 bridgehead atoms. The molecule has 2 rings (SSSR count). The number of ether oxygens (including phenoxy) is 1. The third-order valence-corrected chi connectivity index (χ3v) is 5.01. The van der Waals surface area contributed by atoms with Crippen molar-refractivity contribution in [3.8, 4) is 0 Å². The molecule has 0 aliphatic heterocycles. The zero-order chi connectivity index (χ0) is 17.7. The minimum atomic E-state index is -0.283. The molecule has 2 N–H and O–H groups in total. The molecular formula is C19H28N2O3. The van der Waals surface area contributed by atoms with Crippen molar-refractivity contribution in [3.63, 3.8) is 0 Å². The van der Waals surface area contributed by atoms with Crippen LogP contribution in [0.3, 0.4) is 0 Å². The van der Waals surface area contributed by atoms with Crippen molar-refractivity contribution in [2.24, 2.45) is 5.92 Å². The number of carbonyl (C=O) groups is 2. The van der Waals surface area contributed by atoms with Crippen LogP contribution in [-0.4, -0.2) is 30.6 Å². The molecule has 0 aromatic heterocycles. The third-order valence-electron chi connectivity index (χ3n) is 5.01. The highest BCUT2D eigenvalue weighted by Crippen LogP contribution is 2.43. The smallest absolute Gasteiger partial charge is 0.308 e. The number of benzene rings is 1. The summed E-state index contributed by atoms with van der Waals surface area (Å²) < 4.78 is 4.88. The Balaban J connectivity index is 2.17. The molecule has 24 heavy (non-hydrogen) atoms. The van der Waals surface area contributed by atoms with Crippen LogP contribution in [0, 0.1) is 5.92 Å². The number of hydrogen-bond acceptors (Lipinski definition) is 4. The molecule has 1 amide bonds. The normalized spacial score (nSPS) is 25.2. The van der Waals surface area contributed by atoms with Crippen LogP contribution in [0.1, 0.15) is 51.6 Å². The molecule has 1 aliphatic rings. The van der Waals surface area contributed by atoms with Crippen molar-refractivity contribution in [1.29, 1.82) is 0 Å². The second kappa shape index (κ2) is 7.79. The molecule has 1 unspecified atom stereocenters. The van der Waals surface area contributed by atoms with E-state index in [4.69, 9.17) is 4.74 Å². The maximum Gasteiger partial charge on any atom is 0.308 e. The van der Waals surface area contributed by atoms with Gasteiger partial charge in [0.1, 0.15) is 0 Å². The Hall–Kier alpha value is -1.88. The van der Waals surface area contributed by atoms with Crippen LogP contribution in [-0.2, 0) is 14.3 Å². The number of hydrogen-bond donors (Lipinski definition) is 2. The van der Waals surface area contributed by atoms with Crippen LogP contribution in [0.25, 0.3) is 0 Å². The minimum Gasteiger partial charge on any atom is -0.469 e. The van der Waals surface area contributed by atoms with Crippen LogP contribution in [0.2, 0.25) is 0 Å². The molecule has 1 fully saturated rings. The average molecular weight is 332 g/mol. The molecule has 5 heteroatoms. The predicted octanol–water partition coefficient (Wildman–Crippen LogP) is 2.57. The molecule has 1 aromatic carbocycles. The average Bonchev–Trinajstić information content (AvgIpc) is 2.55. The van der Waals surface area contributed by atoms with Crippen molar-refractivity contribution < 1.29 is 14.3 Å². The lowest BCUT2D eigenvalue weighted by Gasteiger charge is -2.53. The highest BCUT2D eigenvalue weighted by atomic mass is 16.5. The van der Waals surface area contributed by atoms with Crippen molar-refractivity contribution in [3.05, 3.63) is 35.9 Å². The lowest BCUT2D eigenvalue weighted by atomic mass is 9.63. The summed E-state index contributed by atoms with van der Waals surface area (Å²) in [6.45, 7) is 5.71. The number of rotatable bonds is 7. The first-order chi connectivity index (χ1) is 11.4. The summed E-state index contributed by atoms with van der Waals surface area (Å²) >= 11 is 0. The number of carbonyl (C=O) groups excluding carboxylic acids is 2. The maximum atomic E-state index is 11.8. The van der Waals surface area contributed by atoms with Crippen molar-refractivity contribution in [1.82, 2.24) is 10.6 Å². The van der Waals surface area contributed by atoms with Crippen molar-refractivity contribution >= 4 is 11.9 Å². The first kappa shape index (κ1) is 18.5. The highest BCUT2D eigenvalue weighted by Gasteiger charge is 2.52. The van der Waals surface area contributed by atoms with Crippen molar-refractivity contribution in [2.75, 3.05) is 7.11 Å². The van der Waals surface area contributed by atoms with Crippen molar-refractivity contribution in [2.45, 2.75) is 57.7 Å². The van der Waals surface area contributed by atoms with E-state index in [0.29, 0.717) is 12.8 Å². The van der Waals surface area contributed by atoms with Crippen LogP contribution in [0.5, 0.6) is 0 Å². The zero-order valence-corrected chi connectivity index (χ0v) is 15.0. The summed E-state index contributed by atoms with van der Waals surface area (Å²) in [5.41, 5.74) is 0.908. The number of methoxy groups -OCH3 is 1.